The van der Waals surface area contributed by atoms with Crippen molar-refractivity contribution in [2.24, 2.45) is 0 Å². The minimum Gasteiger partial charge on any atom is -0.373 e. The van der Waals surface area contributed by atoms with Gasteiger partial charge in [-0.05, 0) is 24.5 Å². The van der Waals surface area contributed by atoms with Crippen molar-refractivity contribution in [1.82, 2.24) is 14.7 Å². The van der Waals surface area contributed by atoms with E-state index >= 15 is 0 Å². The lowest BCUT2D eigenvalue weighted by Gasteiger charge is -2.31. The van der Waals surface area contributed by atoms with E-state index in [2.05, 4.69) is 22.1 Å². The summed E-state index contributed by atoms with van der Waals surface area (Å²) in [5.74, 6) is 0. The van der Waals surface area contributed by atoms with Crippen LogP contribution in [-0.4, -0.2) is 38.8 Å². The largest absolute Gasteiger partial charge is 0.373 e. The van der Waals surface area contributed by atoms with Gasteiger partial charge in [-0.1, -0.05) is 30.3 Å². The number of likely N-dealkylation sites (tertiary alicyclic amines) is 1. The molecule has 1 aliphatic heterocycles. The van der Waals surface area contributed by atoms with Gasteiger partial charge in [0.15, 0.2) is 0 Å². The first-order valence-electron chi connectivity index (χ1n) is 9.17. The van der Waals surface area contributed by atoms with E-state index in [1.54, 1.807) is 18.3 Å². The molecule has 0 N–H and O–H groups in total. The maximum Gasteiger partial charge on any atom is 0.271 e. The molecule has 140 valence electrons. The van der Waals surface area contributed by atoms with Crippen molar-refractivity contribution in [2.45, 2.75) is 32.2 Å². The Morgan fingerprint density at radius 3 is 2.67 bits per heavy atom. The van der Waals surface area contributed by atoms with Gasteiger partial charge in [-0.3, -0.25) is 19.7 Å². The monoisotopic (exact) mass is 366 g/mol. The third-order valence-electron chi connectivity index (χ3n) is 5.04. The number of hydrogen-bond donors (Lipinski definition) is 0. The van der Waals surface area contributed by atoms with Crippen molar-refractivity contribution in [3.05, 3.63) is 70.4 Å². The number of aromatic nitrogens is 2. The van der Waals surface area contributed by atoms with Gasteiger partial charge in [0.25, 0.3) is 5.69 Å². The van der Waals surface area contributed by atoms with E-state index in [1.807, 2.05) is 22.9 Å². The number of hydrogen-bond acceptors (Lipinski definition) is 5. The van der Waals surface area contributed by atoms with Gasteiger partial charge in [0.05, 0.1) is 36.0 Å². The van der Waals surface area contributed by atoms with Crippen molar-refractivity contribution in [3.8, 4) is 0 Å². The summed E-state index contributed by atoms with van der Waals surface area (Å²) < 4.78 is 7.88. The molecule has 1 fully saturated rings. The normalized spacial score (nSPS) is 16.0. The van der Waals surface area contributed by atoms with Crippen molar-refractivity contribution < 1.29 is 9.66 Å². The molecule has 0 saturated carbocycles. The van der Waals surface area contributed by atoms with Crippen LogP contribution < -0.4 is 0 Å². The SMILES string of the molecule is O=[N+]([O-])c1ccc2cnn(CN3CCC(OCc4ccccc4)CC3)c2c1. The van der Waals surface area contributed by atoms with Crippen LogP contribution in [-0.2, 0) is 18.0 Å². The fourth-order valence-electron chi connectivity index (χ4n) is 3.48. The third-order valence-corrected chi connectivity index (χ3v) is 5.04. The maximum atomic E-state index is 11.0. The zero-order valence-corrected chi connectivity index (χ0v) is 15.0. The second-order valence-corrected chi connectivity index (χ2v) is 6.90. The lowest BCUT2D eigenvalue weighted by molar-refractivity contribution is -0.384. The molecule has 1 aliphatic rings. The number of nitrogens with zero attached hydrogens (tertiary/aromatic N) is 4. The molecule has 27 heavy (non-hydrogen) atoms. The first kappa shape index (κ1) is 17.6. The minimum absolute atomic E-state index is 0.0947. The highest BCUT2D eigenvalue weighted by molar-refractivity contribution is 5.80. The molecule has 4 rings (SSSR count). The highest BCUT2D eigenvalue weighted by Gasteiger charge is 2.21. The molecule has 0 unspecified atom stereocenters. The van der Waals surface area contributed by atoms with Gasteiger partial charge in [0.1, 0.15) is 0 Å². The summed E-state index contributed by atoms with van der Waals surface area (Å²) >= 11 is 0. The standard InChI is InChI=1S/C20H22N4O3/c25-24(26)18-7-6-17-13-21-23(20(17)12-18)15-22-10-8-19(9-11-22)27-14-16-4-2-1-3-5-16/h1-7,12-13,19H,8-11,14-15H2. The molecule has 3 aromatic rings. The van der Waals surface area contributed by atoms with Crippen LogP contribution in [0.15, 0.2) is 54.7 Å². The third kappa shape index (κ3) is 4.15. The molecule has 0 spiro atoms. The number of fused-ring (bicyclic) bond motifs is 1. The van der Waals surface area contributed by atoms with E-state index in [-0.39, 0.29) is 16.7 Å². The fraction of sp³-hybridized carbons (Fsp3) is 0.350. The maximum absolute atomic E-state index is 11.0. The molecule has 2 heterocycles. The van der Waals surface area contributed by atoms with Gasteiger partial charge in [-0.25, -0.2) is 0 Å². The number of ether oxygens (including phenoxy) is 1. The smallest absolute Gasteiger partial charge is 0.271 e. The predicted octanol–water partition coefficient (Wildman–Crippen LogP) is 3.58. The van der Waals surface area contributed by atoms with Gasteiger partial charge in [-0.2, -0.15) is 5.10 Å². The molecular formula is C20H22N4O3. The summed E-state index contributed by atoms with van der Waals surface area (Å²) in [4.78, 5) is 13.0. The van der Waals surface area contributed by atoms with Crippen molar-refractivity contribution in [2.75, 3.05) is 13.1 Å². The first-order valence-corrected chi connectivity index (χ1v) is 9.17. The average Bonchev–Trinajstić information content (AvgIpc) is 3.10. The highest BCUT2D eigenvalue weighted by Crippen LogP contribution is 2.22. The molecule has 0 amide bonds. The van der Waals surface area contributed by atoms with Crippen LogP contribution in [0.1, 0.15) is 18.4 Å². The Bertz CT molecular complexity index is 917. The summed E-state index contributed by atoms with van der Waals surface area (Å²) in [6.07, 6.45) is 3.99. The predicted molar refractivity (Wildman–Crippen MR) is 102 cm³/mol. The van der Waals surface area contributed by atoms with Crippen LogP contribution in [0.5, 0.6) is 0 Å². The Hall–Kier alpha value is -2.77. The van der Waals surface area contributed by atoms with Gasteiger partial charge < -0.3 is 4.74 Å². The molecule has 0 aliphatic carbocycles. The van der Waals surface area contributed by atoms with E-state index in [1.165, 1.54) is 11.6 Å². The molecule has 0 bridgehead atoms. The van der Waals surface area contributed by atoms with Gasteiger partial charge in [-0.15, -0.1) is 0 Å². The van der Waals surface area contributed by atoms with Gasteiger partial charge >= 0.3 is 0 Å². The topological polar surface area (TPSA) is 73.4 Å². The molecular weight excluding hydrogens is 344 g/mol. The molecule has 7 nitrogen and oxygen atoms in total. The van der Waals surface area contributed by atoms with Crippen molar-refractivity contribution in [1.29, 1.82) is 0 Å². The van der Waals surface area contributed by atoms with Crippen LogP contribution in [0.3, 0.4) is 0 Å². The van der Waals surface area contributed by atoms with E-state index in [4.69, 9.17) is 4.74 Å². The Morgan fingerprint density at radius 1 is 1.15 bits per heavy atom. The second-order valence-electron chi connectivity index (χ2n) is 6.90. The summed E-state index contributed by atoms with van der Waals surface area (Å²) in [7, 11) is 0. The van der Waals surface area contributed by atoms with Crippen LogP contribution in [0.4, 0.5) is 5.69 Å². The summed E-state index contributed by atoms with van der Waals surface area (Å²) in [5, 5.41) is 16.3. The summed E-state index contributed by atoms with van der Waals surface area (Å²) in [6, 6.07) is 15.1. The van der Waals surface area contributed by atoms with Crippen LogP contribution in [0.2, 0.25) is 0 Å². The number of rotatable bonds is 6. The quantitative estimate of drug-likeness (QED) is 0.492. The first-order chi connectivity index (χ1) is 13.2. The van der Waals surface area contributed by atoms with Crippen molar-refractivity contribution >= 4 is 16.6 Å². The van der Waals surface area contributed by atoms with E-state index in [9.17, 15) is 10.1 Å². The number of piperidine rings is 1. The number of nitro benzene ring substituents is 1. The lowest BCUT2D eigenvalue weighted by Crippen LogP contribution is -2.38. The van der Waals surface area contributed by atoms with Crippen LogP contribution >= 0.6 is 0 Å². The van der Waals surface area contributed by atoms with E-state index in [0.717, 1.165) is 36.8 Å². The Kier molecular flexibility index (Phi) is 5.13. The molecule has 1 saturated heterocycles. The summed E-state index contributed by atoms with van der Waals surface area (Å²) in [5.41, 5.74) is 2.09. The summed E-state index contributed by atoms with van der Waals surface area (Å²) in [6.45, 7) is 3.14. The lowest BCUT2D eigenvalue weighted by atomic mass is 10.1. The second kappa shape index (κ2) is 7.85. The number of benzene rings is 2. The van der Waals surface area contributed by atoms with Gasteiger partial charge in [0, 0.05) is 30.6 Å². The zero-order chi connectivity index (χ0) is 18.6. The van der Waals surface area contributed by atoms with E-state index in [0.29, 0.717) is 13.3 Å². The fourth-order valence-corrected chi connectivity index (χ4v) is 3.48. The minimum atomic E-state index is -0.369. The van der Waals surface area contributed by atoms with Gasteiger partial charge in [0.2, 0.25) is 0 Å². The number of nitro groups is 1. The molecule has 0 radical (unpaired) electrons. The number of non-ortho nitro benzene ring substituents is 1. The molecule has 7 heteroatoms. The Balaban J connectivity index is 1.33. The van der Waals surface area contributed by atoms with Crippen LogP contribution in [0.25, 0.3) is 10.9 Å². The Labute approximate surface area is 157 Å². The van der Waals surface area contributed by atoms with Crippen LogP contribution in [0, 0.1) is 10.1 Å². The van der Waals surface area contributed by atoms with Crippen molar-refractivity contribution in [3.63, 3.8) is 0 Å². The molecule has 2 aromatic carbocycles. The molecule has 0 atom stereocenters. The highest BCUT2D eigenvalue weighted by atomic mass is 16.6. The van der Waals surface area contributed by atoms with E-state index < -0.39 is 0 Å². The average molecular weight is 366 g/mol. The zero-order valence-electron chi connectivity index (χ0n) is 15.0. The Morgan fingerprint density at radius 2 is 1.93 bits per heavy atom. The molecule has 1 aromatic heterocycles.